The summed E-state index contributed by atoms with van der Waals surface area (Å²) in [7, 11) is 0. The number of ether oxygens (including phenoxy) is 2. The van der Waals surface area contributed by atoms with Crippen LogP contribution in [0, 0.1) is 5.92 Å². The average Bonchev–Trinajstić information content (AvgIpc) is 3.07. The Labute approximate surface area is 105 Å². The van der Waals surface area contributed by atoms with Gasteiger partial charge in [-0.15, -0.1) is 0 Å². The van der Waals surface area contributed by atoms with Crippen LogP contribution in [0.3, 0.4) is 0 Å². The SMILES string of the molecule is O=C(O)C(NCc1ccc2c(c1)OCO2)C1CC1. The van der Waals surface area contributed by atoms with Crippen molar-refractivity contribution in [3.63, 3.8) is 0 Å². The third-order valence-corrected chi connectivity index (χ3v) is 3.32. The highest BCUT2D eigenvalue weighted by Gasteiger charge is 2.35. The van der Waals surface area contributed by atoms with Crippen molar-refractivity contribution in [1.29, 1.82) is 0 Å². The molecule has 0 amide bonds. The molecule has 1 heterocycles. The van der Waals surface area contributed by atoms with Gasteiger partial charge in [-0.2, -0.15) is 0 Å². The normalized spacial score (nSPS) is 18.7. The summed E-state index contributed by atoms with van der Waals surface area (Å²) < 4.78 is 10.5. The van der Waals surface area contributed by atoms with E-state index in [1.165, 1.54) is 0 Å². The molecule has 0 spiro atoms. The number of rotatable bonds is 5. The molecule has 5 heteroatoms. The van der Waals surface area contributed by atoms with Gasteiger partial charge in [-0.25, -0.2) is 0 Å². The first kappa shape index (κ1) is 11.3. The predicted octanol–water partition coefficient (Wildman–Crippen LogP) is 1.37. The third-order valence-electron chi connectivity index (χ3n) is 3.32. The summed E-state index contributed by atoms with van der Waals surface area (Å²) in [6.45, 7) is 0.788. The molecule has 2 N–H and O–H groups in total. The van der Waals surface area contributed by atoms with E-state index in [2.05, 4.69) is 5.32 Å². The lowest BCUT2D eigenvalue weighted by atomic mass is 10.1. The summed E-state index contributed by atoms with van der Waals surface area (Å²) >= 11 is 0. The zero-order valence-electron chi connectivity index (χ0n) is 9.89. The maximum absolute atomic E-state index is 11.1. The minimum Gasteiger partial charge on any atom is -0.480 e. The second kappa shape index (κ2) is 4.49. The molecule has 1 fully saturated rings. The molecule has 1 aliphatic heterocycles. The second-order valence-electron chi connectivity index (χ2n) is 4.72. The molecule has 0 radical (unpaired) electrons. The number of aliphatic carboxylic acids is 1. The Bertz CT molecular complexity index is 470. The summed E-state index contributed by atoms with van der Waals surface area (Å²) in [5.41, 5.74) is 1.01. The van der Waals surface area contributed by atoms with Crippen LogP contribution >= 0.6 is 0 Å². The Balaban J connectivity index is 1.64. The van der Waals surface area contributed by atoms with Gasteiger partial charge in [-0.3, -0.25) is 4.79 Å². The van der Waals surface area contributed by atoms with Crippen molar-refractivity contribution in [2.24, 2.45) is 5.92 Å². The van der Waals surface area contributed by atoms with E-state index in [1.54, 1.807) is 0 Å². The maximum atomic E-state index is 11.1. The summed E-state index contributed by atoms with van der Waals surface area (Å²) in [5.74, 6) is 0.998. The molecule has 18 heavy (non-hydrogen) atoms. The van der Waals surface area contributed by atoms with Crippen molar-refractivity contribution < 1.29 is 19.4 Å². The summed E-state index contributed by atoms with van der Waals surface area (Å²) in [6.07, 6.45) is 2.01. The Kier molecular flexibility index (Phi) is 2.83. The lowest BCUT2D eigenvalue weighted by Crippen LogP contribution is -2.38. The summed E-state index contributed by atoms with van der Waals surface area (Å²) in [5, 5.41) is 12.2. The van der Waals surface area contributed by atoms with Gasteiger partial charge in [0.2, 0.25) is 6.79 Å². The number of nitrogens with one attached hydrogen (secondary N) is 1. The van der Waals surface area contributed by atoms with Gasteiger partial charge in [-0.1, -0.05) is 6.07 Å². The lowest BCUT2D eigenvalue weighted by Gasteiger charge is -2.13. The fraction of sp³-hybridized carbons (Fsp3) is 0.462. The molecule has 1 aliphatic carbocycles. The molecule has 1 unspecified atom stereocenters. The Hall–Kier alpha value is -1.75. The van der Waals surface area contributed by atoms with E-state index < -0.39 is 12.0 Å². The minimum atomic E-state index is -0.766. The number of hydrogen-bond acceptors (Lipinski definition) is 4. The monoisotopic (exact) mass is 249 g/mol. The zero-order chi connectivity index (χ0) is 12.5. The fourth-order valence-electron chi connectivity index (χ4n) is 2.16. The second-order valence-corrected chi connectivity index (χ2v) is 4.72. The van der Waals surface area contributed by atoms with Crippen LogP contribution in [0.15, 0.2) is 18.2 Å². The first-order valence-electron chi connectivity index (χ1n) is 6.09. The number of carboxylic acids is 1. The number of benzene rings is 1. The third kappa shape index (κ3) is 2.26. The Morgan fingerprint density at radius 3 is 2.89 bits per heavy atom. The molecule has 2 aliphatic rings. The molecule has 96 valence electrons. The molecule has 1 aromatic carbocycles. The van der Waals surface area contributed by atoms with E-state index in [4.69, 9.17) is 14.6 Å². The van der Waals surface area contributed by atoms with E-state index in [9.17, 15) is 4.79 Å². The number of fused-ring (bicyclic) bond motifs is 1. The van der Waals surface area contributed by atoms with Crippen LogP contribution in [-0.2, 0) is 11.3 Å². The van der Waals surface area contributed by atoms with Crippen LogP contribution < -0.4 is 14.8 Å². The number of carboxylic acid groups (broad SMARTS) is 1. The highest BCUT2D eigenvalue weighted by molar-refractivity contribution is 5.74. The lowest BCUT2D eigenvalue weighted by molar-refractivity contribution is -0.140. The van der Waals surface area contributed by atoms with Crippen molar-refractivity contribution in [1.82, 2.24) is 5.32 Å². The summed E-state index contributed by atoms with van der Waals surface area (Å²) in [6, 6.07) is 5.23. The fourth-order valence-corrected chi connectivity index (χ4v) is 2.16. The Morgan fingerprint density at radius 2 is 2.17 bits per heavy atom. The molecule has 0 saturated heterocycles. The zero-order valence-corrected chi connectivity index (χ0v) is 9.89. The van der Waals surface area contributed by atoms with Crippen LogP contribution in [0.2, 0.25) is 0 Å². The minimum absolute atomic E-state index is 0.256. The molecule has 5 nitrogen and oxygen atoms in total. The van der Waals surface area contributed by atoms with Crippen molar-refractivity contribution in [3.8, 4) is 11.5 Å². The molecule has 3 rings (SSSR count). The van der Waals surface area contributed by atoms with Crippen molar-refractivity contribution in [3.05, 3.63) is 23.8 Å². The first-order valence-corrected chi connectivity index (χ1v) is 6.09. The molecular formula is C13H15NO4. The molecule has 1 saturated carbocycles. The van der Waals surface area contributed by atoms with Crippen LogP contribution in [0.5, 0.6) is 11.5 Å². The van der Waals surface area contributed by atoms with Crippen LogP contribution in [0.25, 0.3) is 0 Å². The largest absolute Gasteiger partial charge is 0.480 e. The van der Waals surface area contributed by atoms with Gasteiger partial charge in [-0.05, 0) is 36.5 Å². The van der Waals surface area contributed by atoms with Crippen molar-refractivity contribution >= 4 is 5.97 Å². The molecule has 0 aromatic heterocycles. The average molecular weight is 249 g/mol. The molecule has 1 aromatic rings. The van der Waals surface area contributed by atoms with Gasteiger partial charge in [0.25, 0.3) is 0 Å². The van der Waals surface area contributed by atoms with E-state index in [0.29, 0.717) is 6.54 Å². The van der Waals surface area contributed by atoms with E-state index in [1.807, 2.05) is 18.2 Å². The Morgan fingerprint density at radius 1 is 1.39 bits per heavy atom. The van der Waals surface area contributed by atoms with E-state index in [0.717, 1.165) is 29.9 Å². The number of carbonyl (C=O) groups is 1. The van der Waals surface area contributed by atoms with E-state index >= 15 is 0 Å². The highest BCUT2D eigenvalue weighted by Crippen LogP contribution is 2.34. The van der Waals surface area contributed by atoms with Crippen LogP contribution in [-0.4, -0.2) is 23.9 Å². The van der Waals surface area contributed by atoms with Gasteiger partial charge < -0.3 is 19.9 Å². The van der Waals surface area contributed by atoms with E-state index in [-0.39, 0.29) is 12.7 Å². The standard InChI is InChI=1S/C13H15NO4/c15-13(16)12(9-2-3-9)14-6-8-1-4-10-11(5-8)18-7-17-10/h1,4-5,9,12,14H,2-3,6-7H2,(H,15,16). The van der Waals surface area contributed by atoms with Crippen LogP contribution in [0.1, 0.15) is 18.4 Å². The van der Waals surface area contributed by atoms with Gasteiger partial charge in [0.15, 0.2) is 11.5 Å². The van der Waals surface area contributed by atoms with Gasteiger partial charge >= 0.3 is 5.97 Å². The quantitative estimate of drug-likeness (QED) is 0.825. The van der Waals surface area contributed by atoms with Gasteiger partial charge in [0.1, 0.15) is 6.04 Å². The number of hydrogen-bond donors (Lipinski definition) is 2. The predicted molar refractivity (Wildman–Crippen MR) is 63.6 cm³/mol. The molecule has 1 atom stereocenters. The highest BCUT2D eigenvalue weighted by atomic mass is 16.7. The van der Waals surface area contributed by atoms with Crippen molar-refractivity contribution in [2.75, 3.05) is 6.79 Å². The van der Waals surface area contributed by atoms with Gasteiger partial charge in [0, 0.05) is 6.54 Å². The molecular weight excluding hydrogens is 234 g/mol. The molecule has 0 bridgehead atoms. The summed E-state index contributed by atoms with van der Waals surface area (Å²) in [4.78, 5) is 11.1. The first-order chi connectivity index (χ1) is 8.74. The maximum Gasteiger partial charge on any atom is 0.320 e. The topological polar surface area (TPSA) is 67.8 Å². The van der Waals surface area contributed by atoms with Crippen molar-refractivity contribution in [2.45, 2.75) is 25.4 Å². The van der Waals surface area contributed by atoms with Crippen LogP contribution in [0.4, 0.5) is 0 Å². The van der Waals surface area contributed by atoms with Gasteiger partial charge in [0.05, 0.1) is 0 Å². The smallest absolute Gasteiger partial charge is 0.320 e.